The van der Waals surface area contributed by atoms with E-state index in [9.17, 15) is 14.7 Å². The Bertz CT molecular complexity index is 834. The second-order valence-corrected chi connectivity index (χ2v) is 7.21. The fourth-order valence-electron chi connectivity index (χ4n) is 3.32. The van der Waals surface area contributed by atoms with Gasteiger partial charge in [0.1, 0.15) is 5.75 Å². The van der Waals surface area contributed by atoms with Crippen molar-refractivity contribution in [2.75, 3.05) is 25.5 Å². The molecule has 2 aromatic rings. The molecule has 1 unspecified atom stereocenters. The standard InChI is InChI=1S/C21H24N2O4/c1-21(20(25)26)10-11-23(14-21)13-15-4-3-5-17(12-15)22-19(24)16-6-8-18(27-2)9-7-16/h3-9,12H,10-11,13-14H2,1-2H3,(H,22,24)(H,25,26). The van der Waals surface area contributed by atoms with Crippen LogP contribution < -0.4 is 10.1 Å². The van der Waals surface area contributed by atoms with Gasteiger partial charge in [0.25, 0.3) is 5.91 Å². The van der Waals surface area contributed by atoms with Crippen LogP contribution in [0.15, 0.2) is 48.5 Å². The van der Waals surface area contributed by atoms with E-state index >= 15 is 0 Å². The van der Waals surface area contributed by atoms with Gasteiger partial charge in [-0.1, -0.05) is 12.1 Å². The van der Waals surface area contributed by atoms with Gasteiger partial charge in [-0.3, -0.25) is 14.5 Å². The Morgan fingerprint density at radius 1 is 1.22 bits per heavy atom. The summed E-state index contributed by atoms with van der Waals surface area (Å²) >= 11 is 0. The number of carbonyl (C=O) groups is 2. The zero-order valence-corrected chi connectivity index (χ0v) is 15.6. The highest BCUT2D eigenvalue weighted by molar-refractivity contribution is 6.04. The molecular weight excluding hydrogens is 344 g/mol. The maximum Gasteiger partial charge on any atom is 0.310 e. The highest BCUT2D eigenvalue weighted by Gasteiger charge is 2.40. The summed E-state index contributed by atoms with van der Waals surface area (Å²) in [5.74, 6) is -0.229. The van der Waals surface area contributed by atoms with Crippen LogP contribution in [0.1, 0.15) is 29.3 Å². The number of nitrogens with zero attached hydrogens (tertiary/aromatic N) is 1. The van der Waals surface area contributed by atoms with E-state index in [1.807, 2.05) is 24.3 Å². The summed E-state index contributed by atoms with van der Waals surface area (Å²) in [5.41, 5.74) is 1.63. The Labute approximate surface area is 158 Å². The van der Waals surface area contributed by atoms with E-state index in [2.05, 4.69) is 10.2 Å². The van der Waals surface area contributed by atoms with Gasteiger partial charge in [0.15, 0.2) is 0 Å². The molecule has 0 aliphatic carbocycles. The Balaban J connectivity index is 1.63. The minimum atomic E-state index is -0.745. The van der Waals surface area contributed by atoms with Crippen LogP contribution in [-0.4, -0.2) is 42.1 Å². The molecule has 142 valence electrons. The van der Waals surface area contributed by atoms with Crippen LogP contribution in [0.3, 0.4) is 0 Å². The van der Waals surface area contributed by atoms with Crippen molar-refractivity contribution in [2.45, 2.75) is 19.9 Å². The maximum absolute atomic E-state index is 12.4. The molecule has 1 saturated heterocycles. The van der Waals surface area contributed by atoms with Crippen molar-refractivity contribution in [1.29, 1.82) is 0 Å². The molecular formula is C21H24N2O4. The van der Waals surface area contributed by atoms with Gasteiger partial charge >= 0.3 is 5.97 Å². The van der Waals surface area contributed by atoms with Gasteiger partial charge in [0.2, 0.25) is 0 Å². The normalized spacial score (nSPS) is 19.6. The first-order chi connectivity index (χ1) is 12.9. The monoisotopic (exact) mass is 368 g/mol. The van der Waals surface area contributed by atoms with Crippen molar-refractivity contribution < 1.29 is 19.4 Å². The first-order valence-corrected chi connectivity index (χ1v) is 8.90. The zero-order valence-electron chi connectivity index (χ0n) is 15.6. The lowest BCUT2D eigenvalue weighted by atomic mass is 9.90. The average molecular weight is 368 g/mol. The molecule has 27 heavy (non-hydrogen) atoms. The Morgan fingerprint density at radius 2 is 1.96 bits per heavy atom. The molecule has 0 saturated carbocycles. The third-order valence-corrected chi connectivity index (χ3v) is 5.01. The number of anilines is 1. The van der Waals surface area contributed by atoms with Crippen molar-refractivity contribution in [1.82, 2.24) is 4.90 Å². The first kappa shape index (κ1) is 18.9. The van der Waals surface area contributed by atoms with Gasteiger partial charge in [0.05, 0.1) is 12.5 Å². The lowest BCUT2D eigenvalue weighted by molar-refractivity contribution is -0.147. The maximum atomic E-state index is 12.4. The number of likely N-dealkylation sites (tertiary alicyclic amines) is 1. The molecule has 0 spiro atoms. The number of methoxy groups -OCH3 is 1. The molecule has 6 nitrogen and oxygen atoms in total. The number of nitrogens with one attached hydrogen (secondary N) is 1. The van der Waals surface area contributed by atoms with Crippen LogP contribution in [0.4, 0.5) is 5.69 Å². The fraction of sp³-hybridized carbons (Fsp3) is 0.333. The average Bonchev–Trinajstić information content (AvgIpc) is 3.04. The molecule has 0 radical (unpaired) electrons. The van der Waals surface area contributed by atoms with Crippen molar-refractivity contribution in [3.8, 4) is 5.75 Å². The quantitative estimate of drug-likeness (QED) is 0.818. The summed E-state index contributed by atoms with van der Waals surface area (Å²) in [7, 11) is 1.58. The number of carboxylic acids is 1. The number of amides is 1. The van der Waals surface area contributed by atoms with Crippen molar-refractivity contribution in [2.24, 2.45) is 5.41 Å². The molecule has 2 N–H and O–H groups in total. The van der Waals surface area contributed by atoms with Crippen LogP contribution in [0.5, 0.6) is 5.75 Å². The lowest BCUT2D eigenvalue weighted by Crippen LogP contribution is -2.31. The van der Waals surface area contributed by atoms with Crippen molar-refractivity contribution in [3.05, 3.63) is 59.7 Å². The van der Waals surface area contributed by atoms with Crippen molar-refractivity contribution in [3.63, 3.8) is 0 Å². The van der Waals surface area contributed by atoms with E-state index < -0.39 is 11.4 Å². The summed E-state index contributed by atoms with van der Waals surface area (Å²) < 4.78 is 5.10. The predicted octanol–water partition coefficient (Wildman–Crippen LogP) is 3.24. The number of ether oxygens (including phenoxy) is 1. The molecule has 1 aliphatic heterocycles. The smallest absolute Gasteiger partial charge is 0.310 e. The Hall–Kier alpha value is -2.86. The number of carboxylic acid groups (broad SMARTS) is 1. The molecule has 1 fully saturated rings. The van der Waals surface area contributed by atoms with E-state index in [-0.39, 0.29) is 5.91 Å². The summed E-state index contributed by atoms with van der Waals surface area (Å²) in [6.45, 7) is 3.74. The SMILES string of the molecule is COc1ccc(C(=O)Nc2cccc(CN3CCC(C)(C(=O)O)C3)c2)cc1. The van der Waals surface area contributed by atoms with Gasteiger partial charge < -0.3 is 15.2 Å². The second kappa shape index (κ2) is 7.80. The van der Waals surface area contributed by atoms with Crippen LogP contribution in [0, 0.1) is 5.41 Å². The van der Waals surface area contributed by atoms with E-state index in [4.69, 9.17) is 4.74 Å². The van der Waals surface area contributed by atoms with Gasteiger partial charge in [-0.25, -0.2) is 0 Å². The van der Waals surface area contributed by atoms with E-state index in [1.165, 1.54) is 0 Å². The highest BCUT2D eigenvalue weighted by Crippen LogP contribution is 2.31. The van der Waals surface area contributed by atoms with Gasteiger partial charge in [-0.15, -0.1) is 0 Å². The largest absolute Gasteiger partial charge is 0.497 e. The zero-order chi connectivity index (χ0) is 19.4. The minimum absolute atomic E-state index is 0.186. The molecule has 3 rings (SSSR count). The van der Waals surface area contributed by atoms with Gasteiger partial charge in [0, 0.05) is 24.3 Å². The molecule has 1 heterocycles. The summed E-state index contributed by atoms with van der Waals surface area (Å²) in [4.78, 5) is 25.9. The number of hydrogen-bond acceptors (Lipinski definition) is 4. The molecule has 2 aromatic carbocycles. The second-order valence-electron chi connectivity index (χ2n) is 7.21. The number of benzene rings is 2. The van der Waals surface area contributed by atoms with E-state index in [0.717, 1.165) is 12.1 Å². The first-order valence-electron chi connectivity index (χ1n) is 8.90. The van der Waals surface area contributed by atoms with E-state index in [1.54, 1.807) is 38.3 Å². The van der Waals surface area contributed by atoms with Crippen LogP contribution >= 0.6 is 0 Å². The molecule has 1 atom stereocenters. The minimum Gasteiger partial charge on any atom is -0.497 e. The number of carbonyl (C=O) groups excluding carboxylic acids is 1. The van der Waals surface area contributed by atoms with Gasteiger partial charge in [-0.2, -0.15) is 0 Å². The predicted molar refractivity (Wildman–Crippen MR) is 103 cm³/mol. The number of hydrogen-bond donors (Lipinski definition) is 2. The summed E-state index contributed by atoms with van der Waals surface area (Å²) in [6, 6.07) is 14.6. The van der Waals surface area contributed by atoms with Crippen LogP contribution in [0.2, 0.25) is 0 Å². The van der Waals surface area contributed by atoms with Gasteiger partial charge in [-0.05, 0) is 61.9 Å². The molecule has 0 bridgehead atoms. The van der Waals surface area contributed by atoms with Crippen LogP contribution in [0.25, 0.3) is 0 Å². The molecule has 1 aliphatic rings. The third kappa shape index (κ3) is 4.46. The number of rotatable bonds is 6. The van der Waals surface area contributed by atoms with E-state index in [0.29, 0.717) is 36.5 Å². The number of aliphatic carboxylic acids is 1. The molecule has 0 aromatic heterocycles. The van der Waals surface area contributed by atoms with Crippen molar-refractivity contribution >= 4 is 17.6 Å². The highest BCUT2D eigenvalue weighted by atomic mass is 16.5. The Morgan fingerprint density at radius 3 is 2.59 bits per heavy atom. The summed E-state index contributed by atoms with van der Waals surface area (Å²) in [6.07, 6.45) is 0.649. The molecule has 1 amide bonds. The lowest BCUT2D eigenvalue weighted by Gasteiger charge is -2.20. The van der Waals surface area contributed by atoms with Crippen LogP contribution in [-0.2, 0) is 11.3 Å². The molecule has 6 heteroatoms. The third-order valence-electron chi connectivity index (χ3n) is 5.01. The fourth-order valence-corrected chi connectivity index (χ4v) is 3.32. The Kier molecular flexibility index (Phi) is 5.46. The topological polar surface area (TPSA) is 78.9 Å². The summed E-state index contributed by atoms with van der Waals surface area (Å²) in [5, 5.41) is 12.3.